The minimum absolute atomic E-state index is 0.115. The van der Waals surface area contributed by atoms with Crippen LogP contribution in [0.25, 0.3) is 0 Å². The molecule has 0 bridgehead atoms. The second-order valence-corrected chi connectivity index (χ2v) is 4.63. The second-order valence-electron chi connectivity index (χ2n) is 4.63. The van der Waals surface area contributed by atoms with Crippen LogP contribution in [0.2, 0.25) is 0 Å². The van der Waals surface area contributed by atoms with Crippen LogP contribution in [0.15, 0.2) is 42.0 Å². The van der Waals surface area contributed by atoms with Gasteiger partial charge in [0.2, 0.25) is 0 Å². The molecule has 0 saturated heterocycles. The van der Waals surface area contributed by atoms with E-state index in [1.807, 2.05) is 0 Å². The van der Waals surface area contributed by atoms with Crippen LogP contribution < -0.4 is 15.8 Å². The number of nitrogens with two attached hydrogens (primary N) is 1. The quantitative estimate of drug-likeness (QED) is 0.664. The topological polar surface area (TPSA) is 64.3 Å². The molecule has 1 amide bonds. The molecule has 0 fully saturated rings. The standard InChI is InChI=1S/C16H13F3N2O2/c1-23-14-8-7-10(9-12(14)20)15(22)21-13-6-4-2-3-5-11(13)16(17,18)19/h2-3,5,7-9,13H,20H2,1H3,(H,21,22). The lowest BCUT2D eigenvalue weighted by atomic mass is 10.1. The summed E-state index contributed by atoms with van der Waals surface area (Å²) < 4.78 is 44.1. The molecular weight excluding hydrogens is 309 g/mol. The Labute approximate surface area is 130 Å². The van der Waals surface area contributed by atoms with E-state index in [1.54, 1.807) is 0 Å². The molecule has 1 aromatic rings. The van der Waals surface area contributed by atoms with Crippen LogP contribution in [0.3, 0.4) is 0 Å². The number of nitrogen functional groups attached to an aromatic ring is 1. The molecule has 1 unspecified atom stereocenters. The van der Waals surface area contributed by atoms with Gasteiger partial charge < -0.3 is 15.8 Å². The van der Waals surface area contributed by atoms with E-state index in [9.17, 15) is 18.0 Å². The number of ether oxygens (including phenoxy) is 1. The predicted octanol–water partition coefficient (Wildman–Crippen LogP) is 2.44. The van der Waals surface area contributed by atoms with Crippen LogP contribution in [-0.2, 0) is 0 Å². The number of amides is 1. The van der Waals surface area contributed by atoms with Gasteiger partial charge >= 0.3 is 6.18 Å². The third-order valence-corrected chi connectivity index (χ3v) is 3.09. The van der Waals surface area contributed by atoms with Crippen molar-refractivity contribution in [3.8, 4) is 17.6 Å². The summed E-state index contributed by atoms with van der Waals surface area (Å²) in [6.45, 7) is 0. The van der Waals surface area contributed by atoms with Gasteiger partial charge in [0, 0.05) is 5.56 Å². The molecule has 0 saturated carbocycles. The molecule has 7 heteroatoms. The summed E-state index contributed by atoms with van der Waals surface area (Å²) in [6, 6.07) is 2.74. The first-order chi connectivity index (χ1) is 10.8. The van der Waals surface area contributed by atoms with Gasteiger partial charge in [-0.15, -0.1) is 0 Å². The number of methoxy groups -OCH3 is 1. The molecule has 2 rings (SSSR count). The number of anilines is 1. The number of allylic oxidation sites excluding steroid dienone is 3. The molecule has 1 aliphatic carbocycles. The van der Waals surface area contributed by atoms with Gasteiger partial charge in [0.25, 0.3) is 5.91 Å². The molecule has 0 aliphatic heterocycles. The summed E-state index contributed by atoms with van der Waals surface area (Å²) in [5.74, 6) is 4.47. The Hall–Kier alpha value is -2.88. The lowest BCUT2D eigenvalue weighted by Gasteiger charge is -2.19. The van der Waals surface area contributed by atoms with Gasteiger partial charge in [0.05, 0.1) is 18.4 Å². The number of alkyl halides is 3. The summed E-state index contributed by atoms with van der Waals surface area (Å²) in [6.07, 6.45) is -1.25. The van der Waals surface area contributed by atoms with Crippen LogP contribution in [0.1, 0.15) is 10.4 Å². The Morgan fingerprint density at radius 2 is 2.13 bits per heavy atom. The minimum Gasteiger partial charge on any atom is -0.495 e. The van der Waals surface area contributed by atoms with E-state index in [2.05, 4.69) is 17.2 Å². The van der Waals surface area contributed by atoms with Crippen molar-refractivity contribution in [1.29, 1.82) is 0 Å². The molecule has 0 heterocycles. The zero-order valence-corrected chi connectivity index (χ0v) is 12.1. The minimum atomic E-state index is -4.60. The van der Waals surface area contributed by atoms with Crippen LogP contribution >= 0.6 is 0 Å². The van der Waals surface area contributed by atoms with E-state index in [0.29, 0.717) is 5.75 Å². The summed E-state index contributed by atoms with van der Waals surface area (Å²) in [7, 11) is 1.42. The fourth-order valence-corrected chi connectivity index (χ4v) is 1.97. The van der Waals surface area contributed by atoms with Crippen LogP contribution in [0.5, 0.6) is 5.75 Å². The summed E-state index contributed by atoms with van der Waals surface area (Å²) in [5, 5.41) is 2.26. The molecule has 0 spiro atoms. The van der Waals surface area contributed by atoms with Crippen LogP contribution in [0, 0.1) is 11.8 Å². The highest BCUT2D eigenvalue weighted by atomic mass is 19.4. The van der Waals surface area contributed by atoms with Crippen LogP contribution in [0.4, 0.5) is 18.9 Å². The van der Waals surface area contributed by atoms with E-state index < -0.39 is 23.7 Å². The summed E-state index contributed by atoms with van der Waals surface area (Å²) in [4.78, 5) is 12.2. The van der Waals surface area contributed by atoms with E-state index in [-0.39, 0.29) is 11.3 Å². The third-order valence-electron chi connectivity index (χ3n) is 3.09. The van der Waals surface area contributed by atoms with Gasteiger partial charge in [-0.2, -0.15) is 13.2 Å². The molecule has 120 valence electrons. The van der Waals surface area contributed by atoms with Crippen molar-refractivity contribution in [3.05, 3.63) is 47.6 Å². The van der Waals surface area contributed by atoms with Gasteiger partial charge in [-0.25, -0.2) is 0 Å². The average molecular weight is 322 g/mol. The highest BCUT2D eigenvalue weighted by Crippen LogP contribution is 2.29. The third kappa shape index (κ3) is 3.86. The first-order valence-corrected chi connectivity index (χ1v) is 6.52. The molecule has 1 aliphatic rings. The SMILES string of the molecule is COc1ccc(C(=O)NC2C#CC=CC=C2C(F)(F)F)cc1N. The highest BCUT2D eigenvalue weighted by molar-refractivity contribution is 5.96. The van der Waals surface area contributed by atoms with Gasteiger partial charge in [-0.3, -0.25) is 4.79 Å². The fraction of sp³-hybridized carbons (Fsp3) is 0.188. The number of rotatable bonds is 3. The average Bonchev–Trinajstić information content (AvgIpc) is 2.72. The smallest absolute Gasteiger partial charge is 0.415 e. The van der Waals surface area contributed by atoms with Crippen molar-refractivity contribution in [1.82, 2.24) is 5.32 Å². The first-order valence-electron chi connectivity index (χ1n) is 6.52. The van der Waals surface area contributed by atoms with Gasteiger partial charge in [-0.05, 0) is 24.3 Å². The van der Waals surface area contributed by atoms with Gasteiger partial charge in [0.1, 0.15) is 11.8 Å². The number of benzene rings is 1. The van der Waals surface area contributed by atoms with Gasteiger partial charge in [-0.1, -0.05) is 24.0 Å². The van der Waals surface area contributed by atoms with Crippen molar-refractivity contribution in [2.24, 2.45) is 0 Å². The number of carbonyl (C=O) groups excluding carboxylic acids is 1. The maximum atomic E-state index is 13.0. The lowest BCUT2D eigenvalue weighted by molar-refractivity contribution is -0.0945. The molecule has 0 aromatic heterocycles. The number of hydrogen-bond donors (Lipinski definition) is 2. The maximum absolute atomic E-state index is 13.0. The van der Waals surface area contributed by atoms with Gasteiger partial charge in [0.15, 0.2) is 0 Å². The molecular formula is C16H13F3N2O2. The predicted molar refractivity (Wildman–Crippen MR) is 79.7 cm³/mol. The lowest BCUT2D eigenvalue weighted by Crippen LogP contribution is -2.39. The molecule has 1 atom stereocenters. The monoisotopic (exact) mass is 322 g/mol. The van der Waals surface area contributed by atoms with Crippen molar-refractivity contribution in [3.63, 3.8) is 0 Å². The Morgan fingerprint density at radius 3 is 2.74 bits per heavy atom. The van der Waals surface area contributed by atoms with Crippen molar-refractivity contribution in [2.75, 3.05) is 12.8 Å². The number of nitrogens with one attached hydrogen (secondary N) is 1. The largest absolute Gasteiger partial charge is 0.495 e. The molecule has 4 nitrogen and oxygen atoms in total. The zero-order valence-electron chi connectivity index (χ0n) is 12.1. The summed E-state index contributed by atoms with van der Waals surface area (Å²) in [5.41, 5.74) is 5.08. The Kier molecular flexibility index (Phi) is 4.65. The maximum Gasteiger partial charge on any atom is 0.415 e. The van der Waals surface area contributed by atoms with Crippen molar-refractivity contribution < 1.29 is 22.7 Å². The normalized spacial score (nSPS) is 16.7. The first kappa shape index (κ1) is 16.5. The fourth-order valence-electron chi connectivity index (χ4n) is 1.97. The molecule has 0 radical (unpaired) electrons. The van der Waals surface area contributed by atoms with Crippen molar-refractivity contribution >= 4 is 11.6 Å². The number of halogens is 3. The Balaban J connectivity index is 2.24. The molecule has 1 aromatic carbocycles. The zero-order chi connectivity index (χ0) is 17.0. The van der Waals surface area contributed by atoms with E-state index in [1.165, 1.54) is 37.5 Å². The van der Waals surface area contributed by atoms with Crippen molar-refractivity contribution in [2.45, 2.75) is 12.2 Å². The number of carbonyl (C=O) groups is 1. The second kappa shape index (κ2) is 6.48. The Morgan fingerprint density at radius 1 is 1.39 bits per heavy atom. The number of hydrogen-bond acceptors (Lipinski definition) is 3. The van der Waals surface area contributed by atoms with Crippen LogP contribution in [-0.4, -0.2) is 25.2 Å². The van der Waals surface area contributed by atoms with E-state index >= 15 is 0 Å². The van der Waals surface area contributed by atoms with E-state index in [0.717, 1.165) is 6.08 Å². The summed E-state index contributed by atoms with van der Waals surface area (Å²) >= 11 is 0. The molecule has 23 heavy (non-hydrogen) atoms. The Bertz CT molecular complexity index is 740. The van der Waals surface area contributed by atoms with E-state index in [4.69, 9.17) is 10.5 Å². The molecule has 3 N–H and O–H groups in total. The highest BCUT2D eigenvalue weighted by Gasteiger charge is 2.38.